The summed E-state index contributed by atoms with van der Waals surface area (Å²) in [6, 6.07) is 49.9. The minimum absolute atomic E-state index is 0.0430. The molecule has 3 heterocycles. The van der Waals surface area contributed by atoms with Crippen LogP contribution in [0.25, 0.3) is 49.5 Å². The van der Waals surface area contributed by atoms with E-state index in [1.165, 1.54) is 49.3 Å². The van der Waals surface area contributed by atoms with Gasteiger partial charge in [-0.15, -0.1) is 0 Å². The van der Waals surface area contributed by atoms with Gasteiger partial charge in [-0.05, 0) is 51.9 Å². The van der Waals surface area contributed by atoms with Crippen molar-refractivity contribution in [3.63, 3.8) is 0 Å². The molecular weight excluding hydrogens is 573 g/mol. The molecule has 0 saturated heterocycles. The van der Waals surface area contributed by atoms with Crippen LogP contribution < -0.4 is 10.6 Å². The van der Waals surface area contributed by atoms with Gasteiger partial charge in [-0.3, -0.25) is 0 Å². The molecule has 0 fully saturated rings. The molecule has 0 saturated carbocycles. The van der Waals surface area contributed by atoms with Crippen molar-refractivity contribution >= 4 is 49.7 Å². The van der Waals surface area contributed by atoms with Gasteiger partial charge in [0.1, 0.15) is 5.84 Å². The average molecular weight is 605 g/mol. The minimum Gasteiger partial charge on any atom is -0.387 e. The predicted octanol–water partition coefficient (Wildman–Crippen LogP) is 9.57. The molecule has 47 heavy (non-hydrogen) atoms. The molecule has 4 heteroatoms. The number of amidine groups is 1. The van der Waals surface area contributed by atoms with Gasteiger partial charge < -0.3 is 15.2 Å². The van der Waals surface area contributed by atoms with Gasteiger partial charge in [-0.2, -0.15) is 0 Å². The summed E-state index contributed by atoms with van der Waals surface area (Å²) in [7, 11) is 0. The number of allylic oxidation sites excluding steroid dienone is 2. The number of rotatable bonds is 5. The maximum absolute atomic E-state index is 5.12. The lowest BCUT2D eigenvalue weighted by atomic mass is 9.98. The second-order valence-electron chi connectivity index (χ2n) is 12.1. The van der Waals surface area contributed by atoms with Crippen LogP contribution in [-0.4, -0.2) is 16.9 Å². The van der Waals surface area contributed by atoms with Crippen LogP contribution in [0.2, 0.25) is 0 Å². The third-order valence-corrected chi connectivity index (χ3v) is 9.27. The number of benzene rings is 6. The Morgan fingerprint density at radius 1 is 0.617 bits per heavy atom. The summed E-state index contributed by atoms with van der Waals surface area (Å²) < 4.78 is 2.41. The first kappa shape index (κ1) is 27.2. The Morgan fingerprint density at radius 2 is 1.36 bits per heavy atom. The Labute approximate surface area is 273 Å². The number of aliphatic imine (C=N–C) groups is 1. The van der Waals surface area contributed by atoms with Crippen LogP contribution in [0.1, 0.15) is 28.3 Å². The quantitative estimate of drug-likeness (QED) is 0.205. The maximum atomic E-state index is 5.12. The Hall–Kier alpha value is -6.13. The number of hydrogen-bond acceptors (Lipinski definition) is 3. The molecule has 4 nitrogen and oxygen atoms in total. The second-order valence-corrected chi connectivity index (χ2v) is 12.1. The van der Waals surface area contributed by atoms with Crippen molar-refractivity contribution in [2.75, 3.05) is 6.54 Å². The Morgan fingerprint density at radius 3 is 2.17 bits per heavy atom. The molecule has 9 rings (SSSR count). The molecule has 0 bridgehead atoms. The fourth-order valence-corrected chi connectivity index (χ4v) is 6.93. The summed E-state index contributed by atoms with van der Waals surface area (Å²) in [5, 5.41) is 12.1. The first-order chi connectivity index (χ1) is 23.3. The van der Waals surface area contributed by atoms with Crippen molar-refractivity contribution in [1.82, 2.24) is 15.2 Å². The second kappa shape index (κ2) is 11.3. The van der Waals surface area contributed by atoms with Crippen molar-refractivity contribution < 1.29 is 0 Å². The molecule has 0 radical (unpaired) electrons. The van der Waals surface area contributed by atoms with E-state index >= 15 is 0 Å². The Balaban J connectivity index is 1.12. The van der Waals surface area contributed by atoms with Gasteiger partial charge in [-0.25, -0.2) is 4.99 Å². The van der Waals surface area contributed by atoms with Gasteiger partial charge >= 0.3 is 0 Å². The topological polar surface area (TPSA) is 41.4 Å². The zero-order valence-corrected chi connectivity index (χ0v) is 25.8. The number of dihydropyridines is 1. The summed E-state index contributed by atoms with van der Waals surface area (Å²) in [5.41, 5.74) is 10.3. The first-order valence-corrected chi connectivity index (χ1v) is 16.1. The highest BCUT2D eigenvalue weighted by Gasteiger charge is 2.21. The summed E-state index contributed by atoms with van der Waals surface area (Å²) in [5.74, 6) is 0.872. The molecule has 1 atom stereocenters. The molecule has 0 spiro atoms. The molecule has 0 amide bonds. The molecule has 2 aliphatic rings. The largest absolute Gasteiger partial charge is 0.387 e. The minimum atomic E-state index is -0.0430. The summed E-state index contributed by atoms with van der Waals surface area (Å²) in [6.45, 7) is 0.871. The van der Waals surface area contributed by atoms with Crippen LogP contribution in [0.3, 0.4) is 0 Å². The molecule has 1 aromatic heterocycles. The van der Waals surface area contributed by atoms with Gasteiger partial charge in [0.15, 0.2) is 0 Å². The van der Waals surface area contributed by atoms with Crippen LogP contribution >= 0.6 is 0 Å². The van der Waals surface area contributed by atoms with E-state index in [0.29, 0.717) is 0 Å². The van der Waals surface area contributed by atoms with Crippen LogP contribution in [-0.2, 0) is 0 Å². The van der Waals surface area contributed by atoms with E-state index in [0.717, 1.165) is 34.9 Å². The highest BCUT2D eigenvalue weighted by atomic mass is 15.0. The van der Waals surface area contributed by atoms with Gasteiger partial charge in [0.2, 0.25) is 0 Å². The van der Waals surface area contributed by atoms with E-state index in [4.69, 9.17) is 4.99 Å². The molecule has 2 aliphatic heterocycles. The summed E-state index contributed by atoms with van der Waals surface area (Å²) >= 11 is 0. The zero-order chi connectivity index (χ0) is 31.2. The molecule has 0 aliphatic carbocycles. The predicted molar refractivity (Wildman–Crippen MR) is 197 cm³/mol. The van der Waals surface area contributed by atoms with Crippen molar-refractivity contribution in [2.24, 2.45) is 4.99 Å². The van der Waals surface area contributed by atoms with Gasteiger partial charge in [0, 0.05) is 40.2 Å². The molecule has 7 aromatic rings. The van der Waals surface area contributed by atoms with E-state index in [1.807, 2.05) is 6.07 Å². The number of hydrogen-bond donors (Lipinski definition) is 2. The lowest BCUT2D eigenvalue weighted by Gasteiger charge is -2.25. The van der Waals surface area contributed by atoms with Crippen molar-refractivity contribution in [1.29, 1.82) is 0 Å². The van der Waals surface area contributed by atoms with E-state index in [-0.39, 0.29) is 6.04 Å². The highest BCUT2D eigenvalue weighted by molar-refractivity contribution is 6.18. The monoisotopic (exact) mass is 604 g/mol. The Kier molecular flexibility index (Phi) is 6.57. The molecular formula is C43H32N4. The molecule has 6 aromatic carbocycles. The molecule has 1 unspecified atom stereocenters. The van der Waals surface area contributed by atoms with E-state index in [9.17, 15) is 0 Å². The fraction of sp³-hybridized carbons (Fsp3) is 0.0465. The van der Waals surface area contributed by atoms with Crippen LogP contribution in [0.5, 0.6) is 0 Å². The smallest absolute Gasteiger partial charge is 0.134 e. The van der Waals surface area contributed by atoms with Crippen molar-refractivity contribution in [2.45, 2.75) is 6.04 Å². The summed E-state index contributed by atoms with van der Waals surface area (Å²) in [6.07, 6.45) is 8.63. The molecule has 224 valence electrons. The number of nitrogens with one attached hydrogen (secondary N) is 2. The normalized spacial score (nSPS) is 16.0. The van der Waals surface area contributed by atoms with Gasteiger partial charge in [0.25, 0.3) is 0 Å². The van der Waals surface area contributed by atoms with Crippen LogP contribution in [0.4, 0.5) is 0 Å². The lowest BCUT2D eigenvalue weighted by molar-refractivity contribution is 0.780. The number of para-hydroxylation sites is 1. The van der Waals surface area contributed by atoms with E-state index in [1.54, 1.807) is 0 Å². The van der Waals surface area contributed by atoms with E-state index in [2.05, 4.69) is 173 Å². The third kappa shape index (κ3) is 4.82. The average Bonchev–Trinajstić information content (AvgIpc) is 3.50. The highest BCUT2D eigenvalue weighted by Crippen LogP contribution is 2.37. The number of aromatic nitrogens is 1. The standard InChI is InChI=1S/C43H32N4/c1-2-10-33(11-3-1)43-45-39(31-18-16-29(17-19-31)34-12-8-26-44-28-34)27-40(46-43)32-20-23-35(24-21-32)47-41-15-7-6-14-37(41)38-25-22-30-9-4-5-13-36(30)42(38)47/h1-25,27-28,40,44H,26H2,(H,45,46). The van der Waals surface area contributed by atoms with Crippen molar-refractivity contribution in [3.8, 4) is 5.69 Å². The summed E-state index contributed by atoms with van der Waals surface area (Å²) in [4.78, 5) is 5.12. The number of fused-ring (bicyclic) bond motifs is 5. The van der Waals surface area contributed by atoms with Crippen LogP contribution in [0, 0.1) is 0 Å². The zero-order valence-electron chi connectivity index (χ0n) is 25.8. The van der Waals surface area contributed by atoms with Crippen LogP contribution in [0.15, 0.2) is 169 Å². The maximum Gasteiger partial charge on any atom is 0.134 e. The van der Waals surface area contributed by atoms with Gasteiger partial charge in [0.05, 0.1) is 22.8 Å². The first-order valence-electron chi connectivity index (χ1n) is 16.1. The fourth-order valence-electron chi connectivity index (χ4n) is 6.93. The Bertz CT molecular complexity index is 2410. The molecule has 2 N–H and O–H groups in total. The van der Waals surface area contributed by atoms with Crippen molar-refractivity contribution in [3.05, 3.63) is 186 Å². The van der Waals surface area contributed by atoms with E-state index < -0.39 is 0 Å². The SMILES string of the molecule is C1=CC(c2ccc(C3=CC(c4ccc(-n5c6ccccc6c6ccc7ccccc7c65)cc4)NC(c4ccccc4)=N3)cc2)=CNC1. The lowest BCUT2D eigenvalue weighted by Crippen LogP contribution is -2.31. The third-order valence-electron chi connectivity index (χ3n) is 9.27. The number of nitrogens with zero attached hydrogens (tertiary/aromatic N) is 2. The van der Waals surface area contributed by atoms with Gasteiger partial charge in [-0.1, -0.05) is 133 Å².